The third kappa shape index (κ3) is 3.07. The molecule has 0 saturated carbocycles. The Balaban J connectivity index is 2.34. The lowest BCUT2D eigenvalue weighted by Gasteiger charge is -2.33. The number of rotatable bonds is 3. The predicted molar refractivity (Wildman–Crippen MR) is 71.9 cm³/mol. The van der Waals surface area contributed by atoms with E-state index in [9.17, 15) is 22.7 Å². The maximum Gasteiger partial charge on any atom is 0.335 e. The number of β-amino-alcohol motifs (C(OH)–C–C–N with tert-alkyl or cyclic N) is 1. The van der Waals surface area contributed by atoms with Gasteiger partial charge in [0.25, 0.3) is 0 Å². The van der Waals surface area contributed by atoms with Gasteiger partial charge >= 0.3 is 5.97 Å². The van der Waals surface area contributed by atoms with Gasteiger partial charge in [0, 0.05) is 13.1 Å². The fourth-order valence-electron chi connectivity index (χ4n) is 2.22. The number of sulfonamides is 1. The zero-order valence-corrected chi connectivity index (χ0v) is 12.2. The summed E-state index contributed by atoms with van der Waals surface area (Å²) >= 11 is 0. The van der Waals surface area contributed by atoms with Gasteiger partial charge in [0.1, 0.15) is 10.7 Å². The number of carbonyl (C=O) groups is 1. The number of aliphatic hydroxyl groups is 1. The standard InChI is InChI=1S/C13H16FNO5S/c1-8-4-5-15(7-11(8)16)21(19,20)12-3-2-9(13(17)18)6-10(12)14/h2-3,6,8,11,16H,4-5,7H2,1H3,(H,17,18). The number of aliphatic hydroxyl groups excluding tert-OH is 1. The van der Waals surface area contributed by atoms with Gasteiger partial charge in [-0.15, -0.1) is 0 Å². The lowest BCUT2D eigenvalue weighted by molar-refractivity contribution is 0.0604. The number of halogens is 1. The molecule has 0 radical (unpaired) electrons. The van der Waals surface area contributed by atoms with E-state index in [0.717, 1.165) is 16.4 Å². The number of benzene rings is 1. The van der Waals surface area contributed by atoms with Crippen molar-refractivity contribution in [1.29, 1.82) is 0 Å². The highest BCUT2D eigenvalue weighted by Gasteiger charge is 2.34. The van der Waals surface area contributed by atoms with Crippen LogP contribution in [-0.4, -0.2) is 48.1 Å². The van der Waals surface area contributed by atoms with Gasteiger partial charge in [-0.05, 0) is 30.5 Å². The molecule has 1 aromatic carbocycles. The summed E-state index contributed by atoms with van der Waals surface area (Å²) in [6, 6.07) is 2.66. The van der Waals surface area contributed by atoms with Crippen LogP contribution in [0.15, 0.2) is 23.1 Å². The molecule has 1 fully saturated rings. The Bertz CT molecular complexity index is 661. The second-order valence-electron chi connectivity index (χ2n) is 5.15. The van der Waals surface area contributed by atoms with Gasteiger partial charge in [0.05, 0.1) is 11.7 Å². The van der Waals surface area contributed by atoms with E-state index in [1.165, 1.54) is 0 Å². The summed E-state index contributed by atoms with van der Waals surface area (Å²) in [6.45, 7) is 1.92. The van der Waals surface area contributed by atoms with E-state index in [1.807, 2.05) is 6.92 Å². The summed E-state index contributed by atoms with van der Waals surface area (Å²) in [5.41, 5.74) is -0.321. The van der Waals surface area contributed by atoms with Crippen LogP contribution in [0.25, 0.3) is 0 Å². The van der Waals surface area contributed by atoms with Crippen LogP contribution in [0.1, 0.15) is 23.7 Å². The van der Waals surface area contributed by atoms with E-state index in [1.54, 1.807) is 0 Å². The first-order chi connectivity index (χ1) is 9.73. The molecule has 2 rings (SSSR count). The van der Waals surface area contributed by atoms with E-state index < -0.39 is 32.8 Å². The van der Waals surface area contributed by atoms with Gasteiger partial charge < -0.3 is 10.2 Å². The minimum Gasteiger partial charge on any atom is -0.478 e. The summed E-state index contributed by atoms with van der Waals surface area (Å²) in [5, 5.41) is 18.5. The Morgan fingerprint density at radius 3 is 2.62 bits per heavy atom. The van der Waals surface area contributed by atoms with Crippen LogP contribution in [0, 0.1) is 11.7 Å². The summed E-state index contributed by atoms with van der Waals surface area (Å²) in [5.74, 6) is -2.46. The highest BCUT2D eigenvalue weighted by atomic mass is 32.2. The van der Waals surface area contributed by atoms with Crippen LogP contribution in [-0.2, 0) is 10.0 Å². The smallest absolute Gasteiger partial charge is 0.335 e. The van der Waals surface area contributed by atoms with Crippen molar-refractivity contribution in [3.8, 4) is 0 Å². The number of nitrogens with zero attached hydrogens (tertiary/aromatic N) is 1. The third-order valence-electron chi connectivity index (χ3n) is 3.68. The number of carboxylic acid groups (broad SMARTS) is 1. The number of hydrogen-bond acceptors (Lipinski definition) is 4. The molecule has 0 bridgehead atoms. The number of hydrogen-bond donors (Lipinski definition) is 2. The van der Waals surface area contributed by atoms with E-state index in [-0.39, 0.29) is 24.6 Å². The van der Waals surface area contributed by atoms with E-state index >= 15 is 0 Å². The average molecular weight is 317 g/mol. The summed E-state index contributed by atoms with van der Waals surface area (Å²) < 4.78 is 39.7. The van der Waals surface area contributed by atoms with E-state index in [0.29, 0.717) is 12.5 Å². The summed E-state index contributed by atoms with van der Waals surface area (Å²) in [6.07, 6.45) is -0.315. The lowest BCUT2D eigenvalue weighted by atomic mass is 9.98. The normalized spacial score (nSPS) is 24.0. The maximum absolute atomic E-state index is 13.9. The van der Waals surface area contributed by atoms with Gasteiger partial charge in [-0.25, -0.2) is 17.6 Å². The van der Waals surface area contributed by atoms with Crippen molar-refractivity contribution in [3.05, 3.63) is 29.6 Å². The molecule has 0 spiro atoms. The molecular weight excluding hydrogens is 301 g/mol. The Morgan fingerprint density at radius 1 is 1.43 bits per heavy atom. The van der Waals surface area contributed by atoms with Gasteiger partial charge in [0.15, 0.2) is 0 Å². The second-order valence-corrected chi connectivity index (χ2v) is 7.05. The van der Waals surface area contributed by atoms with Crippen molar-refractivity contribution in [2.45, 2.75) is 24.3 Å². The quantitative estimate of drug-likeness (QED) is 0.864. The molecule has 116 valence electrons. The highest BCUT2D eigenvalue weighted by Crippen LogP contribution is 2.25. The third-order valence-corrected chi connectivity index (χ3v) is 5.58. The molecule has 1 aromatic rings. The predicted octanol–water partition coefficient (Wildman–Crippen LogP) is 0.915. The molecule has 6 nitrogen and oxygen atoms in total. The van der Waals surface area contributed by atoms with Gasteiger partial charge in [-0.3, -0.25) is 0 Å². The number of piperidine rings is 1. The molecule has 1 aliphatic rings. The topological polar surface area (TPSA) is 94.9 Å². The molecule has 1 saturated heterocycles. The fourth-order valence-corrected chi connectivity index (χ4v) is 3.74. The van der Waals surface area contributed by atoms with Crippen molar-refractivity contribution >= 4 is 16.0 Å². The minimum atomic E-state index is -4.09. The molecule has 8 heteroatoms. The summed E-state index contributed by atoms with van der Waals surface area (Å²) in [7, 11) is -4.09. The average Bonchev–Trinajstić information content (AvgIpc) is 2.41. The number of aromatic carboxylic acids is 1. The Labute approximate surface area is 121 Å². The van der Waals surface area contributed by atoms with Gasteiger partial charge in [-0.1, -0.05) is 6.92 Å². The maximum atomic E-state index is 13.9. The fraction of sp³-hybridized carbons (Fsp3) is 0.462. The Morgan fingerprint density at radius 2 is 2.10 bits per heavy atom. The summed E-state index contributed by atoms with van der Waals surface area (Å²) in [4.78, 5) is 10.2. The number of carboxylic acids is 1. The van der Waals surface area contributed by atoms with E-state index in [2.05, 4.69) is 0 Å². The first kappa shape index (κ1) is 15.9. The largest absolute Gasteiger partial charge is 0.478 e. The zero-order valence-electron chi connectivity index (χ0n) is 11.4. The van der Waals surface area contributed by atoms with Crippen molar-refractivity contribution in [3.63, 3.8) is 0 Å². The van der Waals surface area contributed by atoms with Crippen LogP contribution >= 0.6 is 0 Å². The Kier molecular flexibility index (Phi) is 4.31. The van der Waals surface area contributed by atoms with Crippen molar-refractivity contribution in [2.75, 3.05) is 13.1 Å². The van der Waals surface area contributed by atoms with Crippen LogP contribution in [0.5, 0.6) is 0 Å². The molecule has 2 atom stereocenters. The molecule has 2 N–H and O–H groups in total. The SMILES string of the molecule is CC1CCN(S(=O)(=O)c2ccc(C(=O)O)cc2F)CC1O. The molecule has 0 aliphatic carbocycles. The van der Waals surface area contributed by atoms with Crippen molar-refractivity contribution in [1.82, 2.24) is 4.31 Å². The first-order valence-corrected chi connectivity index (χ1v) is 7.88. The van der Waals surface area contributed by atoms with Crippen molar-refractivity contribution < 1.29 is 27.8 Å². The minimum absolute atomic E-state index is 0.0179. The van der Waals surface area contributed by atoms with Crippen LogP contribution in [0.4, 0.5) is 4.39 Å². The first-order valence-electron chi connectivity index (χ1n) is 6.44. The molecule has 0 amide bonds. The molecule has 21 heavy (non-hydrogen) atoms. The van der Waals surface area contributed by atoms with Crippen molar-refractivity contribution in [2.24, 2.45) is 5.92 Å². The lowest BCUT2D eigenvalue weighted by Crippen LogP contribution is -2.45. The van der Waals surface area contributed by atoms with Crippen LogP contribution in [0.2, 0.25) is 0 Å². The highest BCUT2D eigenvalue weighted by molar-refractivity contribution is 7.89. The van der Waals surface area contributed by atoms with Crippen LogP contribution in [0.3, 0.4) is 0 Å². The van der Waals surface area contributed by atoms with Gasteiger partial charge in [-0.2, -0.15) is 4.31 Å². The Hall–Kier alpha value is -1.51. The molecule has 1 heterocycles. The second kappa shape index (κ2) is 5.70. The molecule has 1 aliphatic heterocycles. The van der Waals surface area contributed by atoms with Gasteiger partial charge in [0.2, 0.25) is 10.0 Å². The molecule has 2 unspecified atom stereocenters. The monoisotopic (exact) mass is 317 g/mol. The van der Waals surface area contributed by atoms with E-state index in [4.69, 9.17) is 5.11 Å². The molecule has 0 aromatic heterocycles. The molecular formula is C13H16FNO5S. The van der Waals surface area contributed by atoms with Crippen LogP contribution < -0.4 is 0 Å². The zero-order chi connectivity index (χ0) is 15.8.